The molecule has 2 N–H and O–H groups in total. The number of ether oxygens (including phenoxy) is 1. The molecule has 2 aliphatic heterocycles. The number of pyridine rings is 1. The van der Waals surface area contributed by atoms with Crippen molar-refractivity contribution in [2.75, 3.05) is 38.0 Å². The molecule has 1 aromatic carbocycles. The first kappa shape index (κ1) is 24.3. The summed E-state index contributed by atoms with van der Waals surface area (Å²) in [4.78, 5) is 25.6. The Hall–Kier alpha value is -4.77. The van der Waals surface area contributed by atoms with Gasteiger partial charge in [0, 0.05) is 49.6 Å². The van der Waals surface area contributed by atoms with Gasteiger partial charge in [-0.25, -0.2) is 9.50 Å². The van der Waals surface area contributed by atoms with Gasteiger partial charge in [-0.15, -0.1) is 4.52 Å². The minimum Gasteiger partial charge on any atom is -0.457 e. The number of carbonyl (C=O) groups excluding carboxylic acids is 1. The highest BCUT2D eigenvalue weighted by molar-refractivity contribution is 5.88. The average Bonchev–Trinajstić information content (AvgIpc) is 3.54. The molecule has 0 aliphatic carbocycles. The highest BCUT2D eigenvalue weighted by atomic mass is 16.5. The molecule has 0 saturated carbocycles. The Balaban J connectivity index is 1.04. The third kappa shape index (κ3) is 4.64. The largest absolute Gasteiger partial charge is 0.457 e. The second-order valence-electron chi connectivity index (χ2n) is 10.4. The van der Waals surface area contributed by atoms with Crippen molar-refractivity contribution in [1.29, 1.82) is 0 Å². The Morgan fingerprint density at radius 3 is 2.92 bits per heavy atom. The molecule has 0 atom stereocenters. The number of benzene rings is 1. The molecular weight excluding hydrogens is 506 g/mol. The summed E-state index contributed by atoms with van der Waals surface area (Å²) < 4.78 is 9.79. The monoisotopic (exact) mass is 536 g/mol. The fourth-order valence-electron chi connectivity index (χ4n) is 5.23. The number of rotatable bonds is 8. The second kappa shape index (κ2) is 10.1. The van der Waals surface area contributed by atoms with Crippen LogP contribution in [0.25, 0.3) is 11.2 Å². The van der Waals surface area contributed by atoms with E-state index in [9.17, 15) is 4.79 Å². The van der Waals surface area contributed by atoms with Crippen LogP contribution in [0.1, 0.15) is 23.5 Å². The van der Waals surface area contributed by atoms with Gasteiger partial charge in [-0.1, -0.05) is 6.08 Å². The summed E-state index contributed by atoms with van der Waals surface area (Å²) in [5.74, 6) is 2.52. The topological polar surface area (TPSA) is 108 Å². The minimum absolute atomic E-state index is 0.0794. The lowest BCUT2D eigenvalue weighted by atomic mass is 9.92. The van der Waals surface area contributed by atoms with Crippen LogP contribution >= 0.6 is 0 Å². The SMILES string of the molecule is Cc1cc(Nc2ncnn3ccc(C4CN(C(=O)/C=C/CN5CCC5)C4)c23)ccc1Oc1cc[n+]2[nH]cnc2c1. The first-order valence-corrected chi connectivity index (χ1v) is 13.5. The van der Waals surface area contributed by atoms with Gasteiger partial charge >= 0.3 is 5.65 Å². The minimum atomic E-state index is 0.0794. The van der Waals surface area contributed by atoms with Crippen molar-refractivity contribution in [1.82, 2.24) is 34.5 Å². The number of likely N-dealkylation sites (tertiary alicyclic amines) is 2. The van der Waals surface area contributed by atoms with E-state index in [1.807, 2.05) is 69.7 Å². The van der Waals surface area contributed by atoms with Crippen molar-refractivity contribution in [3.63, 3.8) is 0 Å². The molecule has 202 valence electrons. The van der Waals surface area contributed by atoms with Crippen LogP contribution in [0, 0.1) is 6.92 Å². The number of fused-ring (bicyclic) bond motifs is 2. The number of aryl methyl sites for hydroxylation is 1. The number of carbonyl (C=O) groups is 1. The van der Waals surface area contributed by atoms with Crippen LogP contribution in [-0.2, 0) is 4.79 Å². The summed E-state index contributed by atoms with van der Waals surface area (Å²) in [6.45, 7) is 6.50. The van der Waals surface area contributed by atoms with Gasteiger partial charge in [0.1, 0.15) is 29.5 Å². The molecule has 7 rings (SSSR count). The molecule has 2 fully saturated rings. The van der Waals surface area contributed by atoms with Gasteiger partial charge < -0.3 is 15.0 Å². The molecule has 40 heavy (non-hydrogen) atoms. The lowest BCUT2D eigenvalue weighted by Crippen LogP contribution is -2.47. The van der Waals surface area contributed by atoms with E-state index in [1.165, 1.54) is 6.42 Å². The van der Waals surface area contributed by atoms with Crippen LogP contribution in [0.3, 0.4) is 0 Å². The summed E-state index contributed by atoms with van der Waals surface area (Å²) in [5.41, 5.74) is 4.72. The predicted octanol–water partition coefficient (Wildman–Crippen LogP) is 3.22. The summed E-state index contributed by atoms with van der Waals surface area (Å²) in [6, 6.07) is 11.8. The van der Waals surface area contributed by atoms with E-state index in [4.69, 9.17) is 4.74 Å². The highest BCUT2D eigenvalue weighted by Crippen LogP contribution is 2.35. The zero-order valence-electron chi connectivity index (χ0n) is 22.2. The zero-order valence-corrected chi connectivity index (χ0v) is 22.2. The smallest absolute Gasteiger partial charge is 0.351 e. The third-order valence-corrected chi connectivity index (χ3v) is 7.66. The van der Waals surface area contributed by atoms with E-state index in [2.05, 4.69) is 36.4 Å². The van der Waals surface area contributed by atoms with Crippen molar-refractivity contribution in [2.45, 2.75) is 19.3 Å². The van der Waals surface area contributed by atoms with E-state index in [-0.39, 0.29) is 11.8 Å². The molecule has 6 heterocycles. The van der Waals surface area contributed by atoms with E-state index in [0.29, 0.717) is 18.8 Å². The number of H-pyrrole nitrogens is 1. The van der Waals surface area contributed by atoms with Crippen LogP contribution in [-0.4, -0.2) is 73.1 Å². The van der Waals surface area contributed by atoms with Crippen molar-refractivity contribution in [3.05, 3.63) is 84.7 Å². The summed E-state index contributed by atoms with van der Waals surface area (Å²) >= 11 is 0. The van der Waals surface area contributed by atoms with E-state index in [1.54, 1.807) is 18.7 Å². The number of hydrogen-bond donors (Lipinski definition) is 2. The molecule has 0 bridgehead atoms. The first-order valence-electron chi connectivity index (χ1n) is 13.5. The number of hydrogen-bond acceptors (Lipinski definition) is 7. The summed E-state index contributed by atoms with van der Waals surface area (Å²) in [7, 11) is 0. The Morgan fingerprint density at radius 2 is 2.10 bits per heavy atom. The fraction of sp³-hybridized carbons (Fsp3) is 0.276. The van der Waals surface area contributed by atoms with Gasteiger partial charge in [0.05, 0.1) is 6.07 Å². The predicted molar refractivity (Wildman–Crippen MR) is 149 cm³/mol. The van der Waals surface area contributed by atoms with Gasteiger partial charge in [0.25, 0.3) is 0 Å². The molecule has 0 radical (unpaired) electrons. The molecular formula is C29H30N9O2+. The Bertz CT molecular complexity index is 1730. The molecule has 2 saturated heterocycles. The first-order chi connectivity index (χ1) is 19.6. The molecule has 4 aromatic heterocycles. The fourth-order valence-corrected chi connectivity index (χ4v) is 5.23. The zero-order chi connectivity index (χ0) is 27.1. The van der Waals surface area contributed by atoms with Crippen molar-refractivity contribution in [3.8, 4) is 11.5 Å². The van der Waals surface area contributed by atoms with Gasteiger partial charge in [-0.05, 0) is 66.8 Å². The highest BCUT2D eigenvalue weighted by Gasteiger charge is 2.33. The van der Waals surface area contributed by atoms with E-state index in [0.717, 1.165) is 59.2 Å². The Morgan fingerprint density at radius 1 is 1.20 bits per heavy atom. The number of aromatic amines is 1. The van der Waals surface area contributed by atoms with Crippen LogP contribution in [0.4, 0.5) is 11.5 Å². The molecule has 5 aromatic rings. The normalized spacial score (nSPS) is 16.0. The molecule has 0 unspecified atom stereocenters. The number of amides is 1. The van der Waals surface area contributed by atoms with Crippen molar-refractivity contribution >= 4 is 28.6 Å². The van der Waals surface area contributed by atoms with Crippen LogP contribution in [0.15, 0.2) is 73.6 Å². The third-order valence-electron chi connectivity index (χ3n) is 7.66. The van der Waals surface area contributed by atoms with Gasteiger partial charge in [0.2, 0.25) is 12.2 Å². The Kier molecular flexibility index (Phi) is 6.12. The molecule has 1 amide bonds. The van der Waals surface area contributed by atoms with Gasteiger partial charge in [-0.3, -0.25) is 9.69 Å². The van der Waals surface area contributed by atoms with E-state index < -0.39 is 0 Å². The van der Waals surface area contributed by atoms with E-state index >= 15 is 0 Å². The van der Waals surface area contributed by atoms with Crippen LogP contribution in [0.2, 0.25) is 0 Å². The number of nitrogens with one attached hydrogen (secondary N) is 2. The second-order valence-corrected chi connectivity index (χ2v) is 10.4. The average molecular weight is 537 g/mol. The summed E-state index contributed by atoms with van der Waals surface area (Å²) in [6.07, 6.45) is 12.0. The van der Waals surface area contributed by atoms with Crippen molar-refractivity contribution < 1.29 is 14.0 Å². The molecule has 2 aliphatic rings. The van der Waals surface area contributed by atoms with Crippen molar-refractivity contribution in [2.24, 2.45) is 0 Å². The lowest BCUT2D eigenvalue weighted by Gasteiger charge is -2.38. The van der Waals surface area contributed by atoms with Gasteiger partial charge in [0.15, 0.2) is 5.82 Å². The summed E-state index contributed by atoms with van der Waals surface area (Å²) in [5, 5.41) is 10.9. The standard InChI is InChI=1S/C29H29N9O2/c1-20-14-22(5-6-25(20)40-23-7-12-37-26(15-23)30-18-32-37)34-29-28-24(8-13-38(28)33-19-31-29)21-16-36(17-21)27(39)4-2-9-35-10-3-11-35/h2,4-8,12-15,18-19,21H,3,9-11,16-17H2,1H3,(H,31,33,34)/p+1/b4-2+. The number of nitrogens with zero attached hydrogens (tertiary/aromatic N) is 7. The maximum atomic E-state index is 12.6. The molecule has 11 heteroatoms. The number of aromatic nitrogens is 6. The lowest BCUT2D eigenvalue weighted by molar-refractivity contribution is -0.577. The maximum absolute atomic E-state index is 12.6. The quantitative estimate of drug-likeness (QED) is 0.232. The maximum Gasteiger partial charge on any atom is 0.351 e. The number of anilines is 2. The van der Waals surface area contributed by atoms with Crippen LogP contribution < -0.4 is 14.6 Å². The Labute approximate surface area is 230 Å². The molecule has 0 spiro atoms. The molecule has 11 nitrogen and oxygen atoms in total. The van der Waals surface area contributed by atoms with Crippen LogP contribution in [0.5, 0.6) is 11.5 Å². The van der Waals surface area contributed by atoms with Gasteiger partial charge in [-0.2, -0.15) is 10.2 Å².